The van der Waals surface area contributed by atoms with Crippen molar-refractivity contribution < 1.29 is 0 Å². The van der Waals surface area contributed by atoms with Crippen LogP contribution in [0.2, 0.25) is 0 Å². The van der Waals surface area contributed by atoms with Gasteiger partial charge >= 0.3 is 0 Å². The lowest BCUT2D eigenvalue weighted by Crippen LogP contribution is -2.48. The van der Waals surface area contributed by atoms with Crippen molar-refractivity contribution in [1.29, 1.82) is 0 Å². The largest absolute Gasteiger partial charge is 0.314 e. The molecule has 0 aromatic rings. The Balaban J connectivity index is 2.02. The summed E-state index contributed by atoms with van der Waals surface area (Å²) < 4.78 is 0. The topological polar surface area (TPSA) is 25.0 Å². The number of likely N-dealkylation sites (N-methyl/N-ethyl adjacent to an activating group) is 3. The van der Waals surface area contributed by atoms with Gasteiger partial charge in [-0.2, -0.15) is 0 Å². The normalized spacial score (nSPS) is 17.5. The number of hydrogen-bond donors (Lipinski definition) is 1. The van der Waals surface area contributed by atoms with E-state index in [-0.39, 0.29) is 0 Å². The van der Waals surface area contributed by atoms with Crippen LogP contribution in [0.15, 0.2) is 0 Å². The molecule has 1 heterocycles. The van der Waals surface area contributed by atoms with E-state index < -0.39 is 0 Å². The summed E-state index contributed by atoms with van der Waals surface area (Å²) in [6, 6.07) is 0. The van der Waals surface area contributed by atoms with E-state index in [1.54, 1.807) is 0 Å². The fraction of sp³-hybridized carbons (Fsp3) is 1.00. The van der Waals surface area contributed by atoms with E-state index >= 15 is 0 Å². The zero-order valence-corrected chi connectivity index (χ0v) is 16.2. The average molecular weight is 328 g/mol. The fourth-order valence-electron chi connectivity index (χ4n) is 3.18. The Morgan fingerprint density at radius 1 is 0.696 bits per heavy atom. The second-order valence-electron chi connectivity index (χ2n) is 6.49. The zero-order valence-electron chi connectivity index (χ0n) is 16.2. The second kappa shape index (κ2) is 13.1. The van der Waals surface area contributed by atoms with Crippen LogP contribution in [0.5, 0.6) is 0 Å². The van der Waals surface area contributed by atoms with Crippen LogP contribution >= 0.6 is 0 Å². The van der Waals surface area contributed by atoms with E-state index in [4.69, 9.17) is 0 Å². The first-order valence-electron chi connectivity index (χ1n) is 9.83. The SMILES string of the molecule is CCN(CC)CCN(CC)CCNCCN1CCN(CC)CC1. The Labute approximate surface area is 145 Å². The maximum Gasteiger partial charge on any atom is 0.0110 e. The number of rotatable bonds is 13. The molecule has 0 spiro atoms. The summed E-state index contributed by atoms with van der Waals surface area (Å²) in [7, 11) is 0. The second-order valence-corrected chi connectivity index (χ2v) is 6.49. The Kier molecular flexibility index (Phi) is 11.9. The van der Waals surface area contributed by atoms with Gasteiger partial charge in [-0.3, -0.25) is 4.90 Å². The molecule has 0 saturated carbocycles. The molecule has 1 saturated heterocycles. The van der Waals surface area contributed by atoms with Crippen LogP contribution in [-0.2, 0) is 0 Å². The van der Waals surface area contributed by atoms with Gasteiger partial charge in [0.25, 0.3) is 0 Å². The van der Waals surface area contributed by atoms with Gasteiger partial charge in [-0.25, -0.2) is 0 Å². The minimum Gasteiger partial charge on any atom is -0.314 e. The van der Waals surface area contributed by atoms with Crippen molar-refractivity contribution in [3.05, 3.63) is 0 Å². The minimum absolute atomic E-state index is 1.11. The molecule has 0 aromatic heterocycles. The molecule has 0 atom stereocenters. The highest BCUT2D eigenvalue weighted by molar-refractivity contribution is 4.71. The van der Waals surface area contributed by atoms with Crippen molar-refractivity contribution in [2.75, 3.05) is 91.6 Å². The van der Waals surface area contributed by atoms with Gasteiger partial charge < -0.3 is 20.0 Å². The third-order valence-corrected chi connectivity index (χ3v) is 5.20. The highest BCUT2D eigenvalue weighted by Crippen LogP contribution is 1.99. The molecule has 5 heteroatoms. The third-order valence-electron chi connectivity index (χ3n) is 5.20. The van der Waals surface area contributed by atoms with Gasteiger partial charge in [-0.15, -0.1) is 0 Å². The average Bonchev–Trinajstić information content (AvgIpc) is 2.61. The number of nitrogens with zero attached hydrogens (tertiary/aromatic N) is 4. The molecule has 0 unspecified atom stereocenters. The van der Waals surface area contributed by atoms with Crippen LogP contribution in [0.1, 0.15) is 27.7 Å². The van der Waals surface area contributed by atoms with E-state index in [0.29, 0.717) is 0 Å². The van der Waals surface area contributed by atoms with Gasteiger partial charge in [0, 0.05) is 65.4 Å². The van der Waals surface area contributed by atoms with Crippen LogP contribution in [0.4, 0.5) is 0 Å². The molecule has 1 aliphatic heterocycles. The summed E-state index contributed by atoms with van der Waals surface area (Å²) in [5.74, 6) is 0. The van der Waals surface area contributed by atoms with Gasteiger partial charge in [0.05, 0.1) is 0 Å². The Bertz CT molecular complexity index is 262. The highest BCUT2D eigenvalue weighted by atomic mass is 15.3. The lowest BCUT2D eigenvalue weighted by Gasteiger charge is -2.34. The van der Waals surface area contributed by atoms with E-state index in [9.17, 15) is 0 Å². The first kappa shape index (κ1) is 20.8. The van der Waals surface area contributed by atoms with Gasteiger partial charge in [0.2, 0.25) is 0 Å². The van der Waals surface area contributed by atoms with Gasteiger partial charge in [0.15, 0.2) is 0 Å². The fourth-order valence-corrected chi connectivity index (χ4v) is 3.18. The molecule has 1 N–H and O–H groups in total. The van der Waals surface area contributed by atoms with Gasteiger partial charge in [-0.1, -0.05) is 27.7 Å². The Morgan fingerprint density at radius 3 is 1.83 bits per heavy atom. The summed E-state index contributed by atoms with van der Waals surface area (Å²) in [5, 5.41) is 3.63. The molecule has 0 radical (unpaired) electrons. The first-order valence-corrected chi connectivity index (χ1v) is 9.83. The first-order chi connectivity index (χ1) is 11.2. The molecule has 0 amide bonds. The zero-order chi connectivity index (χ0) is 16.9. The molecular weight excluding hydrogens is 286 g/mol. The van der Waals surface area contributed by atoms with Crippen LogP contribution in [-0.4, -0.2) is 111 Å². The van der Waals surface area contributed by atoms with Crippen LogP contribution in [0, 0.1) is 0 Å². The van der Waals surface area contributed by atoms with Crippen LogP contribution in [0.3, 0.4) is 0 Å². The summed E-state index contributed by atoms with van der Waals surface area (Å²) >= 11 is 0. The summed E-state index contributed by atoms with van der Waals surface area (Å²) in [4.78, 5) is 10.2. The molecule has 138 valence electrons. The summed E-state index contributed by atoms with van der Waals surface area (Å²) in [5.41, 5.74) is 0. The monoisotopic (exact) mass is 327 g/mol. The molecule has 0 aromatic carbocycles. The number of piperazine rings is 1. The molecule has 1 fully saturated rings. The van der Waals surface area contributed by atoms with Gasteiger partial charge in [-0.05, 0) is 26.2 Å². The van der Waals surface area contributed by atoms with Crippen LogP contribution in [0.25, 0.3) is 0 Å². The van der Waals surface area contributed by atoms with E-state index in [1.165, 1.54) is 58.9 Å². The minimum atomic E-state index is 1.11. The van der Waals surface area contributed by atoms with E-state index in [2.05, 4.69) is 52.6 Å². The quantitative estimate of drug-likeness (QED) is 0.506. The molecule has 0 aliphatic carbocycles. The van der Waals surface area contributed by atoms with Crippen molar-refractivity contribution in [2.24, 2.45) is 0 Å². The van der Waals surface area contributed by atoms with Crippen molar-refractivity contribution in [3.63, 3.8) is 0 Å². The molecule has 1 rings (SSSR count). The Hall–Kier alpha value is -0.200. The predicted octanol–water partition coefficient (Wildman–Crippen LogP) is 0.877. The molecule has 0 bridgehead atoms. The van der Waals surface area contributed by atoms with Crippen molar-refractivity contribution in [2.45, 2.75) is 27.7 Å². The molecule has 5 nitrogen and oxygen atoms in total. The number of hydrogen-bond acceptors (Lipinski definition) is 5. The lowest BCUT2D eigenvalue weighted by molar-refractivity contribution is 0.137. The summed E-state index contributed by atoms with van der Waals surface area (Å²) in [6.45, 7) is 25.7. The lowest BCUT2D eigenvalue weighted by atomic mass is 10.3. The predicted molar refractivity (Wildman–Crippen MR) is 101 cm³/mol. The molecule has 23 heavy (non-hydrogen) atoms. The standard InChI is InChI=1S/C18H41N5/c1-5-20(6-2)13-14-21(7-3)11-9-19-10-12-23-17-15-22(8-4)16-18-23/h19H,5-18H2,1-4H3. The summed E-state index contributed by atoms with van der Waals surface area (Å²) in [6.07, 6.45) is 0. The highest BCUT2D eigenvalue weighted by Gasteiger charge is 2.14. The van der Waals surface area contributed by atoms with E-state index in [0.717, 1.165) is 32.7 Å². The molecule has 1 aliphatic rings. The third kappa shape index (κ3) is 9.01. The van der Waals surface area contributed by atoms with Crippen molar-refractivity contribution in [3.8, 4) is 0 Å². The number of nitrogens with one attached hydrogen (secondary N) is 1. The van der Waals surface area contributed by atoms with E-state index in [1.807, 2.05) is 0 Å². The van der Waals surface area contributed by atoms with Crippen LogP contribution < -0.4 is 5.32 Å². The smallest absolute Gasteiger partial charge is 0.0110 e. The Morgan fingerprint density at radius 2 is 1.26 bits per heavy atom. The maximum absolute atomic E-state index is 3.63. The molecular formula is C18H41N5. The van der Waals surface area contributed by atoms with Crippen molar-refractivity contribution >= 4 is 0 Å². The maximum atomic E-state index is 3.63. The van der Waals surface area contributed by atoms with Gasteiger partial charge in [0.1, 0.15) is 0 Å². The van der Waals surface area contributed by atoms with Crippen molar-refractivity contribution in [1.82, 2.24) is 24.9 Å².